The minimum absolute atomic E-state index is 0.0845. The second kappa shape index (κ2) is 7.13. The van der Waals surface area contributed by atoms with Gasteiger partial charge in [-0.3, -0.25) is 4.79 Å². The number of ether oxygens (including phenoxy) is 1. The van der Waals surface area contributed by atoms with Crippen LogP contribution < -0.4 is 0 Å². The van der Waals surface area contributed by atoms with Crippen molar-refractivity contribution >= 4 is 23.8 Å². The van der Waals surface area contributed by atoms with Gasteiger partial charge in [-0.2, -0.15) is 4.68 Å². The van der Waals surface area contributed by atoms with Crippen molar-refractivity contribution < 1.29 is 14.3 Å². The maximum absolute atomic E-state index is 12.2. The van der Waals surface area contributed by atoms with Crippen LogP contribution in [0.15, 0.2) is 5.16 Å². The molecule has 0 saturated carbocycles. The van der Waals surface area contributed by atoms with Gasteiger partial charge in [-0.1, -0.05) is 32.5 Å². The highest BCUT2D eigenvalue weighted by Gasteiger charge is 2.25. The number of rotatable bonds is 4. The van der Waals surface area contributed by atoms with E-state index in [4.69, 9.17) is 4.74 Å². The van der Waals surface area contributed by atoms with Crippen LogP contribution in [-0.2, 0) is 14.9 Å². The Morgan fingerprint density at radius 3 is 2.36 bits per heavy atom. The summed E-state index contributed by atoms with van der Waals surface area (Å²) in [5, 5.41) is 4.68. The van der Waals surface area contributed by atoms with Crippen LogP contribution in [0.3, 0.4) is 0 Å². The van der Waals surface area contributed by atoms with E-state index in [1.807, 2.05) is 20.8 Å². The molecule has 1 aromatic rings. The fourth-order valence-corrected chi connectivity index (χ4v) is 2.15. The van der Waals surface area contributed by atoms with Crippen molar-refractivity contribution in [3.8, 4) is 0 Å². The van der Waals surface area contributed by atoms with Crippen LogP contribution in [-0.4, -0.2) is 57.6 Å². The zero-order chi connectivity index (χ0) is 17.1. The fraction of sp³-hybridized carbons (Fsp3) is 0.714. The molecule has 8 heteroatoms. The van der Waals surface area contributed by atoms with Gasteiger partial charge in [0, 0.05) is 19.5 Å². The maximum Gasteiger partial charge on any atom is 0.346 e. The number of carbonyl (C=O) groups is 2. The lowest BCUT2D eigenvalue weighted by Crippen LogP contribution is -2.29. The van der Waals surface area contributed by atoms with E-state index in [9.17, 15) is 9.59 Å². The van der Waals surface area contributed by atoms with E-state index in [2.05, 4.69) is 10.1 Å². The SMILES string of the molecule is CC(C)OC(=O)CSc1nc(C(C)(C)C)nn1C(=O)N(C)C. The van der Waals surface area contributed by atoms with E-state index in [-0.39, 0.29) is 29.3 Å². The summed E-state index contributed by atoms with van der Waals surface area (Å²) in [6.07, 6.45) is -0.167. The lowest BCUT2D eigenvalue weighted by atomic mass is 9.96. The molecule has 22 heavy (non-hydrogen) atoms. The van der Waals surface area contributed by atoms with E-state index < -0.39 is 0 Å². The highest BCUT2D eigenvalue weighted by molar-refractivity contribution is 7.99. The summed E-state index contributed by atoms with van der Waals surface area (Å²) in [6.45, 7) is 9.48. The van der Waals surface area contributed by atoms with Crippen LogP contribution in [0.25, 0.3) is 0 Å². The summed E-state index contributed by atoms with van der Waals surface area (Å²) in [6, 6.07) is -0.303. The van der Waals surface area contributed by atoms with Gasteiger partial charge in [-0.25, -0.2) is 9.78 Å². The van der Waals surface area contributed by atoms with Crippen molar-refractivity contribution in [2.45, 2.75) is 51.3 Å². The molecule has 7 nitrogen and oxygen atoms in total. The highest BCUT2D eigenvalue weighted by Crippen LogP contribution is 2.23. The van der Waals surface area contributed by atoms with Gasteiger partial charge in [-0.15, -0.1) is 5.10 Å². The van der Waals surface area contributed by atoms with Crippen LogP contribution in [0.2, 0.25) is 0 Å². The molecule has 0 fully saturated rings. The average Bonchev–Trinajstić information content (AvgIpc) is 2.78. The van der Waals surface area contributed by atoms with Crippen LogP contribution in [0.1, 0.15) is 40.4 Å². The molecule has 0 atom stereocenters. The molecule has 124 valence electrons. The Morgan fingerprint density at radius 2 is 1.91 bits per heavy atom. The third kappa shape index (κ3) is 5.01. The lowest BCUT2D eigenvalue weighted by Gasteiger charge is -2.13. The number of thioether (sulfide) groups is 1. The molecule has 1 amide bonds. The van der Waals surface area contributed by atoms with E-state index >= 15 is 0 Å². The number of nitrogens with zero attached hydrogens (tertiary/aromatic N) is 4. The molecule has 0 aliphatic heterocycles. The van der Waals surface area contributed by atoms with Crippen LogP contribution >= 0.6 is 11.8 Å². The van der Waals surface area contributed by atoms with Gasteiger partial charge in [0.05, 0.1) is 11.9 Å². The molecule has 0 aliphatic carbocycles. The molecule has 0 aromatic carbocycles. The van der Waals surface area contributed by atoms with Crippen LogP contribution in [0, 0.1) is 0 Å². The van der Waals surface area contributed by atoms with E-state index in [0.29, 0.717) is 11.0 Å². The predicted molar refractivity (Wildman–Crippen MR) is 85.2 cm³/mol. The smallest absolute Gasteiger partial charge is 0.346 e. The number of hydrogen-bond donors (Lipinski definition) is 0. The van der Waals surface area contributed by atoms with Gasteiger partial charge in [0.2, 0.25) is 0 Å². The summed E-state index contributed by atoms with van der Waals surface area (Å²) in [5.41, 5.74) is -0.286. The van der Waals surface area contributed by atoms with Crippen LogP contribution in [0.5, 0.6) is 0 Å². The van der Waals surface area contributed by atoms with Gasteiger partial charge in [-0.05, 0) is 13.8 Å². The summed E-state index contributed by atoms with van der Waals surface area (Å²) in [5.74, 6) is 0.299. The summed E-state index contributed by atoms with van der Waals surface area (Å²) in [7, 11) is 3.28. The molecule has 1 aromatic heterocycles. The first-order valence-electron chi connectivity index (χ1n) is 7.04. The molecule has 0 bridgehead atoms. The quantitative estimate of drug-likeness (QED) is 0.622. The molecule has 0 aliphatic rings. The Hall–Kier alpha value is -1.57. The molecule has 0 radical (unpaired) electrons. The fourth-order valence-electron chi connectivity index (χ4n) is 1.44. The van der Waals surface area contributed by atoms with Gasteiger partial charge in [0.15, 0.2) is 11.0 Å². The third-order valence-corrected chi connectivity index (χ3v) is 3.40. The zero-order valence-electron chi connectivity index (χ0n) is 14.2. The molecule has 0 unspecified atom stereocenters. The van der Waals surface area contributed by atoms with Crippen molar-refractivity contribution in [2.75, 3.05) is 19.8 Å². The van der Waals surface area contributed by atoms with Crippen molar-refractivity contribution in [3.05, 3.63) is 5.82 Å². The highest BCUT2D eigenvalue weighted by atomic mass is 32.2. The molecule has 1 heterocycles. The molecule has 1 rings (SSSR count). The zero-order valence-corrected chi connectivity index (χ0v) is 15.0. The average molecular weight is 328 g/mol. The Balaban J connectivity index is 2.98. The molecule has 0 N–H and O–H groups in total. The Labute approximate surface area is 135 Å². The Bertz CT molecular complexity index is 547. The van der Waals surface area contributed by atoms with Gasteiger partial charge >= 0.3 is 12.0 Å². The van der Waals surface area contributed by atoms with Crippen LogP contribution in [0.4, 0.5) is 4.79 Å². The number of aromatic nitrogens is 3. The second-order valence-electron chi connectivity index (χ2n) is 6.38. The summed E-state index contributed by atoms with van der Waals surface area (Å²) in [4.78, 5) is 29.6. The Kier molecular flexibility index (Phi) is 5.99. The number of amides is 1. The van der Waals surface area contributed by atoms with Crippen molar-refractivity contribution in [1.82, 2.24) is 19.7 Å². The topological polar surface area (TPSA) is 77.3 Å². The first kappa shape index (κ1) is 18.5. The standard InChI is InChI=1S/C14H24N4O3S/c1-9(2)21-10(19)8-22-12-15-11(14(3,4)5)16-18(12)13(20)17(6)7/h9H,8H2,1-7H3. The largest absolute Gasteiger partial charge is 0.462 e. The normalized spacial score (nSPS) is 11.6. The molecular weight excluding hydrogens is 304 g/mol. The first-order valence-corrected chi connectivity index (χ1v) is 8.02. The van der Waals surface area contributed by atoms with Gasteiger partial charge < -0.3 is 9.64 Å². The Morgan fingerprint density at radius 1 is 1.32 bits per heavy atom. The van der Waals surface area contributed by atoms with E-state index in [0.717, 1.165) is 11.8 Å². The molecular formula is C14H24N4O3S. The van der Waals surface area contributed by atoms with Gasteiger partial charge in [0.25, 0.3) is 0 Å². The van der Waals surface area contributed by atoms with E-state index in [1.165, 1.54) is 9.58 Å². The number of carbonyl (C=O) groups excluding carboxylic acids is 2. The number of hydrogen-bond acceptors (Lipinski definition) is 6. The minimum Gasteiger partial charge on any atom is -0.462 e. The predicted octanol–water partition coefficient (Wildman–Crippen LogP) is 2.15. The summed E-state index contributed by atoms with van der Waals surface area (Å²) >= 11 is 1.15. The van der Waals surface area contributed by atoms with Crippen molar-refractivity contribution in [2.24, 2.45) is 0 Å². The molecule has 0 spiro atoms. The van der Waals surface area contributed by atoms with Crippen molar-refractivity contribution in [3.63, 3.8) is 0 Å². The monoisotopic (exact) mass is 328 g/mol. The lowest BCUT2D eigenvalue weighted by molar-refractivity contribution is -0.144. The third-order valence-electron chi connectivity index (χ3n) is 2.50. The number of esters is 1. The second-order valence-corrected chi connectivity index (χ2v) is 7.33. The van der Waals surface area contributed by atoms with Crippen molar-refractivity contribution in [1.29, 1.82) is 0 Å². The van der Waals surface area contributed by atoms with E-state index in [1.54, 1.807) is 27.9 Å². The minimum atomic E-state index is -0.343. The maximum atomic E-state index is 12.2. The summed E-state index contributed by atoms with van der Waals surface area (Å²) < 4.78 is 6.31. The molecule has 0 saturated heterocycles. The first-order chi connectivity index (χ1) is 10.0. The van der Waals surface area contributed by atoms with Gasteiger partial charge in [0.1, 0.15) is 0 Å².